The topological polar surface area (TPSA) is 70.2 Å². The molecule has 0 saturated carbocycles. The molecule has 3 N–H and O–H groups in total. The second-order valence-electron chi connectivity index (χ2n) is 2.50. The number of amides is 3. The molecule has 3 amide bonds. The highest BCUT2D eigenvalue weighted by Gasteiger charge is 2.32. The molecule has 1 fully saturated rings. The van der Waals surface area contributed by atoms with Gasteiger partial charge < -0.3 is 16.0 Å². The van der Waals surface area contributed by atoms with Gasteiger partial charge in [0.15, 0.2) is 0 Å². The van der Waals surface area contributed by atoms with Crippen molar-refractivity contribution >= 4 is 11.9 Å². The number of urea groups is 1. The first-order chi connectivity index (χ1) is 5.27. The summed E-state index contributed by atoms with van der Waals surface area (Å²) in [5, 5.41) is 7.59. The average molecular weight is 153 g/mol. The molecule has 0 aromatic heterocycles. The van der Waals surface area contributed by atoms with Crippen molar-refractivity contribution in [2.75, 3.05) is 6.54 Å². The highest BCUT2D eigenvalue weighted by atomic mass is 16.2. The van der Waals surface area contributed by atoms with E-state index in [4.69, 9.17) is 0 Å². The lowest BCUT2D eigenvalue weighted by atomic mass is 10.1. The molecule has 0 aliphatic carbocycles. The van der Waals surface area contributed by atoms with Crippen LogP contribution in [0.4, 0.5) is 4.79 Å². The summed E-state index contributed by atoms with van der Waals surface area (Å²) < 4.78 is 0. The minimum atomic E-state index is -0.246. The number of hydrogen-bond acceptors (Lipinski definition) is 2. The fourth-order valence-electron chi connectivity index (χ4n) is 1.19. The summed E-state index contributed by atoms with van der Waals surface area (Å²) in [7, 11) is 0. The molecule has 2 heterocycles. The molecule has 58 valence electrons. The summed E-state index contributed by atoms with van der Waals surface area (Å²) in [6, 6.07) is -0.246. The van der Waals surface area contributed by atoms with Crippen molar-refractivity contribution in [3.63, 3.8) is 0 Å². The molecular weight excluding hydrogens is 146 g/mol. The fourth-order valence-corrected chi connectivity index (χ4v) is 1.19. The Morgan fingerprint density at radius 3 is 3.09 bits per heavy atom. The van der Waals surface area contributed by atoms with Crippen LogP contribution < -0.4 is 16.0 Å². The fraction of sp³-hybridized carbons (Fsp3) is 0.333. The summed E-state index contributed by atoms with van der Waals surface area (Å²) >= 11 is 0. The monoisotopic (exact) mass is 153 g/mol. The minimum absolute atomic E-state index is 0.0625. The molecule has 1 saturated heterocycles. The molecule has 2 aliphatic rings. The van der Waals surface area contributed by atoms with Crippen molar-refractivity contribution in [1.29, 1.82) is 0 Å². The van der Waals surface area contributed by atoms with Gasteiger partial charge in [-0.25, -0.2) is 4.79 Å². The van der Waals surface area contributed by atoms with Gasteiger partial charge in [0.1, 0.15) is 0 Å². The van der Waals surface area contributed by atoms with Gasteiger partial charge in [0.25, 0.3) is 0 Å². The van der Waals surface area contributed by atoms with Crippen LogP contribution >= 0.6 is 0 Å². The zero-order valence-corrected chi connectivity index (χ0v) is 5.68. The predicted octanol–water partition coefficient (Wildman–Crippen LogP) is -1.11. The van der Waals surface area contributed by atoms with E-state index in [9.17, 15) is 9.59 Å². The third-order valence-electron chi connectivity index (χ3n) is 1.79. The van der Waals surface area contributed by atoms with Crippen LogP contribution in [-0.2, 0) is 4.79 Å². The second kappa shape index (κ2) is 1.98. The molecule has 2 aliphatic heterocycles. The van der Waals surface area contributed by atoms with Crippen LogP contribution in [0.5, 0.6) is 0 Å². The van der Waals surface area contributed by atoms with E-state index in [1.165, 1.54) is 6.20 Å². The third kappa shape index (κ3) is 0.849. The summed E-state index contributed by atoms with van der Waals surface area (Å²) in [5.41, 5.74) is 0.666. The average Bonchev–Trinajstić information content (AvgIpc) is 2.32. The molecule has 0 radical (unpaired) electrons. The van der Waals surface area contributed by atoms with Crippen LogP contribution in [0.1, 0.15) is 0 Å². The maximum Gasteiger partial charge on any atom is 0.319 e. The van der Waals surface area contributed by atoms with Crippen molar-refractivity contribution in [3.8, 4) is 0 Å². The lowest BCUT2D eigenvalue weighted by Crippen LogP contribution is -2.47. The van der Waals surface area contributed by atoms with Crippen LogP contribution in [0.25, 0.3) is 0 Å². The van der Waals surface area contributed by atoms with Crippen LogP contribution in [-0.4, -0.2) is 18.5 Å². The van der Waals surface area contributed by atoms with Crippen molar-refractivity contribution in [3.05, 3.63) is 11.9 Å². The van der Waals surface area contributed by atoms with Crippen LogP contribution in [0.3, 0.4) is 0 Å². The third-order valence-corrected chi connectivity index (χ3v) is 1.79. The van der Waals surface area contributed by atoms with E-state index in [0.29, 0.717) is 12.2 Å². The Kier molecular flexibility index (Phi) is 1.12. The highest BCUT2D eigenvalue weighted by molar-refractivity contribution is 5.90. The predicted molar refractivity (Wildman–Crippen MR) is 36.3 cm³/mol. The minimum Gasteiger partial charge on any atom is -0.337 e. The molecule has 0 spiro atoms. The Bertz CT molecular complexity index is 259. The van der Waals surface area contributed by atoms with E-state index < -0.39 is 0 Å². The van der Waals surface area contributed by atoms with Gasteiger partial charge in [-0.05, 0) is 0 Å². The Morgan fingerprint density at radius 2 is 2.27 bits per heavy atom. The molecule has 0 unspecified atom stereocenters. The molecule has 0 aromatic carbocycles. The lowest BCUT2D eigenvalue weighted by Gasteiger charge is -2.19. The van der Waals surface area contributed by atoms with Gasteiger partial charge in [0.05, 0.1) is 5.92 Å². The second-order valence-corrected chi connectivity index (χ2v) is 2.50. The number of carbonyl (C=O) groups is 2. The number of hydrogen-bond donors (Lipinski definition) is 3. The van der Waals surface area contributed by atoms with Crippen molar-refractivity contribution in [2.45, 2.75) is 0 Å². The smallest absolute Gasteiger partial charge is 0.319 e. The van der Waals surface area contributed by atoms with Gasteiger partial charge in [-0.15, -0.1) is 0 Å². The summed E-state index contributed by atoms with van der Waals surface area (Å²) in [5.74, 6) is -0.278. The normalized spacial score (nSPS) is 28.0. The van der Waals surface area contributed by atoms with Gasteiger partial charge in [0.2, 0.25) is 5.91 Å². The number of carbonyl (C=O) groups excluding carboxylic acids is 2. The Labute approximate surface area is 62.8 Å². The first kappa shape index (κ1) is 6.21. The molecular formula is C6H7N3O2. The van der Waals surface area contributed by atoms with Crippen LogP contribution in [0.2, 0.25) is 0 Å². The first-order valence-corrected chi connectivity index (χ1v) is 3.32. The zero-order chi connectivity index (χ0) is 7.84. The van der Waals surface area contributed by atoms with Gasteiger partial charge in [-0.2, -0.15) is 0 Å². The van der Waals surface area contributed by atoms with Gasteiger partial charge >= 0.3 is 6.03 Å². The number of fused-ring (bicyclic) bond motifs is 1. The lowest BCUT2D eigenvalue weighted by molar-refractivity contribution is -0.121. The van der Waals surface area contributed by atoms with Gasteiger partial charge in [0, 0.05) is 18.4 Å². The van der Waals surface area contributed by atoms with E-state index in [1.807, 2.05) is 0 Å². The van der Waals surface area contributed by atoms with E-state index >= 15 is 0 Å². The Hall–Kier alpha value is -1.52. The maximum absolute atomic E-state index is 11.0. The molecule has 0 bridgehead atoms. The van der Waals surface area contributed by atoms with Crippen molar-refractivity contribution in [1.82, 2.24) is 16.0 Å². The Morgan fingerprint density at radius 1 is 1.45 bits per heavy atom. The molecule has 1 atom stereocenters. The standard InChI is InChI=1S/C6H7N3O2/c10-5-3-1-8-6(11)9-4(3)2-7-5/h2-3H,1H2,(H,7,10)(H2,8,9,11)/t3-/m0/s1. The maximum atomic E-state index is 11.0. The van der Waals surface area contributed by atoms with Crippen molar-refractivity contribution < 1.29 is 9.59 Å². The zero-order valence-electron chi connectivity index (χ0n) is 5.68. The molecule has 0 aromatic rings. The number of rotatable bonds is 0. The van der Waals surface area contributed by atoms with E-state index in [0.717, 1.165) is 0 Å². The van der Waals surface area contributed by atoms with Crippen LogP contribution in [0, 0.1) is 5.92 Å². The Balaban J connectivity index is 2.21. The first-order valence-electron chi connectivity index (χ1n) is 3.32. The van der Waals surface area contributed by atoms with Gasteiger partial charge in [-0.3, -0.25) is 4.79 Å². The summed E-state index contributed by atoms with van der Waals surface area (Å²) in [6.07, 6.45) is 1.53. The SMILES string of the molecule is O=C1NC[C@@H]2C(=O)NC=C2N1. The largest absolute Gasteiger partial charge is 0.337 e. The molecule has 5 heteroatoms. The summed E-state index contributed by atoms with van der Waals surface area (Å²) in [4.78, 5) is 21.7. The highest BCUT2D eigenvalue weighted by Crippen LogP contribution is 2.14. The van der Waals surface area contributed by atoms with E-state index in [2.05, 4.69) is 16.0 Å². The van der Waals surface area contributed by atoms with Gasteiger partial charge in [-0.1, -0.05) is 0 Å². The van der Waals surface area contributed by atoms with E-state index in [-0.39, 0.29) is 17.9 Å². The number of nitrogens with one attached hydrogen (secondary N) is 3. The molecule has 2 rings (SSSR count). The summed E-state index contributed by atoms with van der Waals surface area (Å²) in [6.45, 7) is 0.392. The van der Waals surface area contributed by atoms with Crippen molar-refractivity contribution in [2.24, 2.45) is 5.92 Å². The van der Waals surface area contributed by atoms with E-state index in [1.54, 1.807) is 0 Å². The molecule has 11 heavy (non-hydrogen) atoms. The van der Waals surface area contributed by atoms with Crippen LogP contribution in [0.15, 0.2) is 11.9 Å². The quantitative estimate of drug-likeness (QED) is 0.413. The molecule has 5 nitrogen and oxygen atoms in total.